The summed E-state index contributed by atoms with van der Waals surface area (Å²) in [6, 6.07) is 6.17. The highest BCUT2D eigenvalue weighted by Crippen LogP contribution is 2.26. The van der Waals surface area contributed by atoms with Gasteiger partial charge in [0, 0.05) is 12.1 Å². The van der Waals surface area contributed by atoms with Gasteiger partial charge in [0.25, 0.3) is 0 Å². The van der Waals surface area contributed by atoms with Crippen LogP contribution in [0.15, 0.2) is 42.3 Å². The van der Waals surface area contributed by atoms with Crippen molar-refractivity contribution in [3.05, 3.63) is 48.0 Å². The molecule has 0 radical (unpaired) electrons. The van der Waals surface area contributed by atoms with Gasteiger partial charge >= 0.3 is 0 Å². The Kier molecular flexibility index (Phi) is 2.35. The first-order valence-electron chi connectivity index (χ1n) is 4.72. The molecular formula is C12H14NO+. The molecule has 2 heteroatoms. The van der Waals surface area contributed by atoms with Crippen molar-refractivity contribution >= 4 is 5.57 Å². The minimum atomic E-state index is 0.966. The number of ether oxygens (including phenoxy) is 1. The summed E-state index contributed by atoms with van der Waals surface area (Å²) in [6.45, 7) is 0. The number of aromatic nitrogens is 1. The van der Waals surface area contributed by atoms with Crippen LogP contribution in [0.2, 0.25) is 0 Å². The standard InChI is InChI=1S/C12H14NO/c1-13-9-4-3-7-11(13)10-6-5-8-12(10)14-2/h3-4,6-9H,5H2,1-2H3/q+1. The Morgan fingerprint density at radius 3 is 2.86 bits per heavy atom. The van der Waals surface area contributed by atoms with E-state index < -0.39 is 0 Å². The van der Waals surface area contributed by atoms with Crippen molar-refractivity contribution in [1.29, 1.82) is 0 Å². The molecule has 14 heavy (non-hydrogen) atoms. The third-order valence-corrected chi connectivity index (χ3v) is 2.44. The third kappa shape index (κ3) is 1.43. The Morgan fingerprint density at radius 2 is 2.14 bits per heavy atom. The van der Waals surface area contributed by atoms with Crippen molar-refractivity contribution in [1.82, 2.24) is 0 Å². The largest absolute Gasteiger partial charge is 0.496 e. The SMILES string of the molecule is COC1=CCC=C1c1cccc[n+]1C. The van der Waals surface area contributed by atoms with E-state index in [1.807, 2.05) is 25.4 Å². The van der Waals surface area contributed by atoms with Crippen molar-refractivity contribution in [3.63, 3.8) is 0 Å². The van der Waals surface area contributed by atoms with Gasteiger partial charge in [0.1, 0.15) is 12.8 Å². The van der Waals surface area contributed by atoms with E-state index in [-0.39, 0.29) is 0 Å². The summed E-state index contributed by atoms with van der Waals surface area (Å²) in [5, 5.41) is 0. The molecule has 0 fully saturated rings. The van der Waals surface area contributed by atoms with Gasteiger partial charge in [0.15, 0.2) is 6.20 Å². The van der Waals surface area contributed by atoms with Gasteiger partial charge in [-0.15, -0.1) is 0 Å². The number of hydrogen-bond acceptors (Lipinski definition) is 1. The number of rotatable bonds is 2. The molecule has 1 aromatic heterocycles. The fourth-order valence-electron chi connectivity index (χ4n) is 1.72. The summed E-state index contributed by atoms with van der Waals surface area (Å²) in [5.41, 5.74) is 2.38. The van der Waals surface area contributed by atoms with E-state index in [9.17, 15) is 0 Å². The van der Waals surface area contributed by atoms with Gasteiger partial charge in [-0.3, -0.25) is 0 Å². The van der Waals surface area contributed by atoms with Gasteiger partial charge in [0.2, 0.25) is 5.69 Å². The van der Waals surface area contributed by atoms with Crippen LogP contribution in [0.5, 0.6) is 0 Å². The van der Waals surface area contributed by atoms with Crippen LogP contribution < -0.4 is 4.57 Å². The molecule has 0 unspecified atom stereocenters. The number of hydrogen-bond donors (Lipinski definition) is 0. The zero-order valence-corrected chi connectivity index (χ0v) is 8.53. The zero-order valence-electron chi connectivity index (χ0n) is 8.53. The first-order chi connectivity index (χ1) is 6.83. The molecule has 0 aliphatic heterocycles. The van der Waals surface area contributed by atoms with Crippen LogP contribution in [-0.2, 0) is 11.8 Å². The summed E-state index contributed by atoms with van der Waals surface area (Å²) in [5.74, 6) is 0.979. The summed E-state index contributed by atoms with van der Waals surface area (Å²) in [6.07, 6.45) is 7.30. The molecule has 1 aliphatic carbocycles. The molecule has 72 valence electrons. The molecular weight excluding hydrogens is 174 g/mol. The van der Waals surface area contributed by atoms with Gasteiger partial charge in [-0.25, -0.2) is 4.57 Å². The molecule has 1 aromatic rings. The topological polar surface area (TPSA) is 13.1 Å². The lowest BCUT2D eigenvalue weighted by molar-refractivity contribution is -0.673. The second-order valence-corrected chi connectivity index (χ2v) is 3.32. The minimum absolute atomic E-state index is 0.966. The highest BCUT2D eigenvalue weighted by molar-refractivity contribution is 5.76. The monoisotopic (exact) mass is 188 g/mol. The van der Waals surface area contributed by atoms with Crippen molar-refractivity contribution in [3.8, 4) is 0 Å². The molecule has 0 N–H and O–H groups in total. The fraction of sp³-hybridized carbons (Fsp3) is 0.250. The number of allylic oxidation sites excluding steroid dienone is 3. The van der Waals surface area contributed by atoms with Crippen LogP contribution in [0, 0.1) is 0 Å². The van der Waals surface area contributed by atoms with Crippen molar-refractivity contribution in [2.45, 2.75) is 6.42 Å². The predicted molar refractivity (Wildman–Crippen MR) is 55.3 cm³/mol. The molecule has 1 aliphatic rings. The lowest BCUT2D eigenvalue weighted by Gasteiger charge is -2.04. The van der Waals surface area contributed by atoms with Crippen LogP contribution in [0.25, 0.3) is 5.57 Å². The molecule has 2 nitrogen and oxygen atoms in total. The summed E-state index contributed by atoms with van der Waals surface area (Å²) in [4.78, 5) is 0. The fourth-order valence-corrected chi connectivity index (χ4v) is 1.72. The molecule has 0 aromatic carbocycles. The lowest BCUT2D eigenvalue weighted by atomic mass is 10.1. The highest BCUT2D eigenvalue weighted by atomic mass is 16.5. The van der Waals surface area contributed by atoms with E-state index >= 15 is 0 Å². The van der Waals surface area contributed by atoms with Gasteiger partial charge in [-0.2, -0.15) is 0 Å². The van der Waals surface area contributed by atoms with Crippen LogP contribution in [-0.4, -0.2) is 7.11 Å². The minimum Gasteiger partial charge on any atom is -0.496 e. The Morgan fingerprint density at radius 1 is 1.29 bits per heavy atom. The third-order valence-electron chi connectivity index (χ3n) is 2.44. The molecule has 0 saturated heterocycles. The van der Waals surface area contributed by atoms with Gasteiger partial charge in [-0.1, -0.05) is 6.08 Å². The second-order valence-electron chi connectivity index (χ2n) is 3.32. The Labute approximate surface area is 84.1 Å². The zero-order chi connectivity index (χ0) is 9.97. The van der Waals surface area contributed by atoms with E-state index in [2.05, 4.69) is 22.8 Å². The van der Waals surface area contributed by atoms with Crippen LogP contribution in [0.3, 0.4) is 0 Å². The molecule has 1 heterocycles. The maximum absolute atomic E-state index is 5.31. The Hall–Kier alpha value is -1.57. The molecule has 0 atom stereocenters. The normalized spacial score (nSPS) is 15.0. The van der Waals surface area contributed by atoms with Crippen molar-refractivity contribution < 1.29 is 9.30 Å². The summed E-state index contributed by atoms with van der Waals surface area (Å²) < 4.78 is 7.41. The van der Waals surface area contributed by atoms with Gasteiger partial charge < -0.3 is 4.74 Å². The lowest BCUT2D eigenvalue weighted by Crippen LogP contribution is -2.32. The van der Waals surface area contributed by atoms with E-state index in [1.54, 1.807) is 7.11 Å². The average Bonchev–Trinajstić information content (AvgIpc) is 2.66. The van der Waals surface area contributed by atoms with E-state index in [1.165, 1.54) is 11.3 Å². The van der Waals surface area contributed by atoms with Crippen molar-refractivity contribution in [2.75, 3.05) is 7.11 Å². The molecule has 2 rings (SSSR count). The van der Waals surface area contributed by atoms with E-state index in [0.717, 1.165) is 12.2 Å². The number of pyridine rings is 1. The smallest absolute Gasteiger partial charge is 0.215 e. The predicted octanol–water partition coefficient (Wildman–Crippen LogP) is 1.83. The van der Waals surface area contributed by atoms with Crippen LogP contribution in [0.4, 0.5) is 0 Å². The Bertz CT molecular complexity index is 405. The highest BCUT2D eigenvalue weighted by Gasteiger charge is 2.19. The van der Waals surface area contributed by atoms with Gasteiger partial charge in [-0.05, 0) is 18.6 Å². The molecule has 0 saturated carbocycles. The van der Waals surface area contributed by atoms with Crippen molar-refractivity contribution in [2.24, 2.45) is 7.05 Å². The Balaban J connectivity index is 2.42. The van der Waals surface area contributed by atoms with E-state index in [0.29, 0.717) is 0 Å². The second kappa shape index (κ2) is 3.66. The molecule has 0 bridgehead atoms. The summed E-state index contributed by atoms with van der Waals surface area (Å²) in [7, 11) is 3.76. The molecule has 0 amide bonds. The maximum atomic E-state index is 5.31. The van der Waals surface area contributed by atoms with Gasteiger partial charge in [0.05, 0.1) is 12.7 Å². The summed E-state index contributed by atoms with van der Waals surface area (Å²) >= 11 is 0. The average molecular weight is 188 g/mol. The quantitative estimate of drug-likeness (QED) is 0.645. The van der Waals surface area contributed by atoms with Crippen LogP contribution in [0.1, 0.15) is 12.1 Å². The number of nitrogens with zero attached hydrogens (tertiary/aromatic N) is 1. The molecule has 0 spiro atoms. The van der Waals surface area contributed by atoms with E-state index in [4.69, 9.17) is 4.74 Å². The van der Waals surface area contributed by atoms with Crippen LogP contribution >= 0.6 is 0 Å². The first kappa shape index (κ1) is 9.00. The number of methoxy groups -OCH3 is 1. The number of aryl methyl sites for hydroxylation is 1. The maximum Gasteiger partial charge on any atom is 0.215 e. The first-order valence-corrected chi connectivity index (χ1v) is 4.72.